The van der Waals surface area contributed by atoms with Crippen LogP contribution in [0.5, 0.6) is 5.75 Å². The van der Waals surface area contributed by atoms with Crippen molar-refractivity contribution in [3.63, 3.8) is 0 Å². The second-order valence-electron chi connectivity index (χ2n) is 6.14. The van der Waals surface area contributed by atoms with Gasteiger partial charge in [0.1, 0.15) is 17.9 Å². The first-order chi connectivity index (χ1) is 12.7. The van der Waals surface area contributed by atoms with Crippen LogP contribution in [0.2, 0.25) is 0 Å². The fourth-order valence-electron chi connectivity index (χ4n) is 2.80. The summed E-state index contributed by atoms with van der Waals surface area (Å²) >= 11 is 0. The Kier molecular flexibility index (Phi) is 4.01. The topological polar surface area (TPSA) is 64.9 Å². The second kappa shape index (κ2) is 6.48. The predicted molar refractivity (Wildman–Crippen MR) is 102 cm³/mol. The molecule has 0 unspecified atom stereocenters. The molecule has 4 aromatic rings. The third-order valence-corrected chi connectivity index (χ3v) is 4.45. The van der Waals surface area contributed by atoms with E-state index in [1.54, 1.807) is 19.6 Å². The van der Waals surface area contributed by atoms with E-state index in [4.69, 9.17) is 4.74 Å². The van der Waals surface area contributed by atoms with Gasteiger partial charge in [0, 0.05) is 5.69 Å². The van der Waals surface area contributed by atoms with Crippen molar-refractivity contribution < 1.29 is 4.74 Å². The van der Waals surface area contributed by atoms with Crippen LogP contribution in [0.15, 0.2) is 55.0 Å². The van der Waals surface area contributed by atoms with E-state index in [0.717, 1.165) is 34.0 Å². The molecule has 0 atom stereocenters. The number of aryl methyl sites for hydroxylation is 2. The van der Waals surface area contributed by atoms with Crippen molar-refractivity contribution in [2.75, 3.05) is 12.4 Å². The Morgan fingerprint density at radius 2 is 1.77 bits per heavy atom. The fraction of sp³-hybridized carbons (Fsp3) is 0.150. The van der Waals surface area contributed by atoms with Crippen molar-refractivity contribution in [2.24, 2.45) is 0 Å². The molecule has 0 spiro atoms. The fourth-order valence-corrected chi connectivity index (χ4v) is 2.80. The lowest BCUT2D eigenvalue weighted by Crippen LogP contribution is -2.00. The monoisotopic (exact) mass is 345 g/mol. The third-order valence-electron chi connectivity index (χ3n) is 4.45. The number of anilines is 2. The molecule has 0 amide bonds. The van der Waals surface area contributed by atoms with E-state index in [9.17, 15) is 0 Å². The maximum atomic E-state index is 5.19. The number of rotatable bonds is 4. The summed E-state index contributed by atoms with van der Waals surface area (Å²) in [6.45, 7) is 4.19. The maximum absolute atomic E-state index is 5.19. The molecule has 0 aliphatic heterocycles. The number of ether oxygens (including phenoxy) is 1. The van der Waals surface area contributed by atoms with E-state index in [1.165, 1.54) is 11.1 Å². The van der Waals surface area contributed by atoms with Crippen molar-refractivity contribution in [2.45, 2.75) is 13.8 Å². The quantitative estimate of drug-likeness (QED) is 0.601. The maximum Gasteiger partial charge on any atom is 0.168 e. The smallest absolute Gasteiger partial charge is 0.168 e. The van der Waals surface area contributed by atoms with Crippen LogP contribution in [-0.4, -0.2) is 26.9 Å². The SMILES string of the molecule is COc1ccc(Nc2ncnc3c2cnn3-c2ccc(C)c(C)c2)cc1. The Morgan fingerprint density at radius 1 is 0.962 bits per heavy atom. The standard InChI is InChI=1S/C20H19N5O/c1-13-4-7-16(10-14(13)2)25-20-18(11-23-25)19(21-12-22-20)24-15-5-8-17(26-3)9-6-15/h4-12H,1-3H3,(H,21,22,24). The van der Waals surface area contributed by atoms with Crippen LogP contribution < -0.4 is 10.1 Å². The molecule has 1 N–H and O–H groups in total. The molecule has 2 aromatic carbocycles. The summed E-state index contributed by atoms with van der Waals surface area (Å²) in [5.41, 5.74) is 5.14. The first-order valence-electron chi connectivity index (χ1n) is 8.33. The molecular weight excluding hydrogens is 326 g/mol. The van der Waals surface area contributed by atoms with Crippen LogP contribution in [0.3, 0.4) is 0 Å². The number of nitrogens with one attached hydrogen (secondary N) is 1. The van der Waals surface area contributed by atoms with E-state index < -0.39 is 0 Å². The lowest BCUT2D eigenvalue weighted by molar-refractivity contribution is 0.415. The summed E-state index contributed by atoms with van der Waals surface area (Å²) in [6, 6.07) is 13.9. The Hall–Kier alpha value is -3.41. The summed E-state index contributed by atoms with van der Waals surface area (Å²) in [4.78, 5) is 8.81. The van der Waals surface area contributed by atoms with Gasteiger partial charge in [-0.25, -0.2) is 14.6 Å². The molecule has 6 heteroatoms. The van der Waals surface area contributed by atoms with E-state index in [0.29, 0.717) is 0 Å². The van der Waals surface area contributed by atoms with Gasteiger partial charge < -0.3 is 10.1 Å². The molecule has 2 aromatic heterocycles. The number of benzene rings is 2. The number of aromatic nitrogens is 4. The first-order valence-corrected chi connectivity index (χ1v) is 8.33. The highest BCUT2D eigenvalue weighted by molar-refractivity contribution is 5.89. The summed E-state index contributed by atoms with van der Waals surface area (Å²) in [5, 5.41) is 8.71. The summed E-state index contributed by atoms with van der Waals surface area (Å²) in [6.07, 6.45) is 3.34. The van der Waals surface area contributed by atoms with Gasteiger partial charge in [-0.2, -0.15) is 5.10 Å². The number of hydrogen-bond acceptors (Lipinski definition) is 5. The highest BCUT2D eigenvalue weighted by Gasteiger charge is 2.12. The van der Waals surface area contributed by atoms with Gasteiger partial charge in [0.15, 0.2) is 5.65 Å². The Morgan fingerprint density at radius 3 is 2.50 bits per heavy atom. The number of hydrogen-bond donors (Lipinski definition) is 1. The molecule has 0 fully saturated rings. The van der Waals surface area contributed by atoms with Gasteiger partial charge in [0.05, 0.1) is 24.4 Å². The van der Waals surface area contributed by atoms with E-state index >= 15 is 0 Å². The highest BCUT2D eigenvalue weighted by Crippen LogP contribution is 2.26. The molecular formula is C20H19N5O. The van der Waals surface area contributed by atoms with Gasteiger partial charge >= 0.3 is 0 Å². The molecule has 26 heavy (non-hydrogen) atoms. The van der Waals surface area contributed by atoms with Gasteiger partial charge in [0.2, 0.25) is 0 Å². The van der Waals surface area contributed by atoms with E-state index in [-0.39, 0.29) is 0 Å². The number of nitrogens with zero attached hydrogens (tertiary/aromatic N) is 4. The number of methoxy groups -OCH3 is 1. The minimum absolute atomic E-state index is 0.718. The molecule has 4 rings (SSSR count). The largest absolute Gasteiger partial charge is 0.497 e. The first kappa shape index (κ1) is 16.1. The van der Waals surface area contributed by atoms with Gasteiger partial charge in [0.25, 0.3) is 0 Å². The summed E-state index contributed by atoms with van der Waals surface area (Å²) in [7, 11) is 1.65. The normalized spacial score (nSPS) is 10.9. The minimum atomic E-state index is 0.718. The third kappa shape index (κ3) is 2.86. The zero-order chi connectivity index (χ0) is 18.1. The van der Waals surface area contributed by atoms with Gasteiger partial charge in [-0.1, -0.05) is 6.07 Å². The summed E-state index contributed by atoms with van der Waals surface area (Å²) < 4.78 is 7.03. The molecule has 0 saturated carbocycles. The number of fused-ring (bicyclic) bond motifs is 1. The minimum Gasteiger partial charge on any atom is -0.497 e. The molecule has 2 heterocycles. The van der Waals surface area contributed by atoms with Crippen LogP contribution in [0.1, 0.15) is 11.1 Å². The molecule has 0 radical (unpaired) electrons. The molecule has 6 nitrogen and oxygen atoms in total. The van der Waals surface area contributed by atoms with Crippen molar-refractivity contribution in [3.8, 4) is 11.4 Å². The lowest BCUT2D eigenvalue weighted by Gasteiger charge is -2.08. The van der Waals surface area contributed by atoms with E-state index in [1.807, 2.05) is 35.0 Å². The molecule has 0 aliphatic rings. The predicted octanol–water partition coefficient (Wildman–Crippen LogP) is 4.18. The average molecular weight is 345 g/mol. The van der Waals surface area contributed by atoms with Crippen LogP contribution in [0.4, 0.5) is 11.5 Å². The molecule has 0 bridgehead atoms. The van der Waals surface area contributed by atoms with Crippen molar-refractivity contribution >= 4 is 22.5 Å². The Bertz CT molecular complexity index is 1070. The zero-order valence-electron chi connectivity index (χ0n) is 14.9. The average Bonchev–Trinajstić information content (AvgIpc) is 3.10. The van der Waals surface area contributed by atoms with Crippen molar-refractivity contribution in [1.29, 1.82) is 0 Å². The van der Waals surface area contributed by atoms with Gasteiger partial charge in [-0.05, 0) is 61.4 Å². The molecule has 0 saturated heterocycles. The molecule has 130 valence electrons. The van der Waals surface area contributed by atoms with Gasteiger partial charge in [-0.15, -0.1) is 0 Å². The Labute approximate surface area is 151 Å². The van der Waals surface area contributed by atoms with Crippen LogP contribution in [-0.2, 0) is 0 Å². The highest BCUT2D eigenvalue weighted by atomic mass is 16.5. The van der Waals surface area contributed by atoms with Crippen LogP contribution in [0, 0.1) is 13.8 Å². The van der Waals surface area contributed by atoms with Gasteiger partial charge in [-0.3, -0.25) is 0 Å². The zero-order valence-corrected chi connectivity index (χ0v) is 14.9. The van der Waals surface area contributed by atoms with Crippen LogP contribution in [0.25, 0.3) is 16.7 Å². The second-order valence-corrected chi connectivity index (χ2v) is 6.14. The Balaban J connectivity index is 1.73. The molecule has 0 aliphatic carbocycles. The van der Waals surface area contributed by atoms with Crippen molar-refractivity contribution in [1.82, 2.24) is 19.7 Å². The van der Waals surface area contributed by atoms with Crippen LogP contribution >= 0.6 is 0 Å². The lowest BCUT2D eigenvalue weighted by atomic mass is 10.1. The van der Waals surface area contributed by atoms with Crippen molar-refractivity contribution in [3.05, 3.63) is 66.1 Å². The van der Waals surface area contributed by atoms with E-state index in [2.05, 4.69) is 46.4 Å². The summed E-state index contributed by atoms with van der Waals surface area (Å²) in [5.74, 6) is 1.53.